The average molecular weight is 370 g/mol. The zero-order chi connectivity index (χ0) is 19.1. The van der Waals surface area contributed by atoms with Crippen LogP contribution in [-0.2, 0) is 16.1 Å². The number of hydrogen-bond acceptors (Lipinski definition) is 5. The molecule has 27 heavy (non-hydrogen) atoms. The zero-order valence-electron chi connectivity index (χ0n) is 15.6. The van der Waals surface area contributed by atoms with Crippen molar-refractivity contribution in [1.29, 1.82) is 0 Å². The van der Waals surface area contributed by atoms with Gasteiger partial charge in [0.05, 0.1) is 13.2 Å². The van der Waals surface area contributed by atoms with Crippen LogP contribution in [0.2, 0.25) is 0 Å². The van der Waals surface area contributed by atoms with Crippen LogP contribution < -0.4 is 10.9 Å². The standard InChI is InChI=1S/C20H26N4O3/c1-16-5-2-7-18(25)24(16)10-4-9-22-20(26)19(17-6-3-8-21-15-17)23-11-13-27-14-12-23/h2-3,5-8,15,19H,4,9-14H2,1H3,(H,22,26). The van der Waals surface area contributed by atoms with Gasteiger partial charge in [-0.2, -0.15) is 0 Å². The van der Waals surface area contributed by atoms with Crippen LogP contribution in [-0.4, -0.2) is 53.2 Å². The third-order valence-corrected chi connectivity index (χ3v) is 4.79. The molecule has 7 nitrogen and oxygen atoms in total. The maximum absolute atomic E-state index is 12.9. The van der Waals surface area contributed by atoms with Crippen LogP contribution in [0.15, 0.2) is 47.5 Å². The van der Waals surface area contributed by atoms with Gasteiger partial charge in [-0.05, 0) is 31.0 Å². The van der Waals surface area contributed by atoms with E-state index < -0.39 is 0 Å². The molecule has 2 aromatic rings. The van der Waals surface area contributed by atoms with Gasteiger partial charge in [0.15, 0.2) is 0 Å². The highest BCUT2D eigenvalue weighted by atomic mass is 16.5. The van der Waals surface area contributed by atoms with Gasteiger partial charge in [-0.25, -0.2) is 0 Å². The fraction of sp³-hybridized carbons (Fsp3) is 0.450. The fourth-order valence-corrected chi connectivity index (χ4v) is 3.36. The van der Waals surface area contributed by atoms with Crippen LogP contribution in [0, 0.1) is 6.92 Å². The Morgan fingerprint density at radius 3 is 2.78 bits per heavy atom. The maximum atomic E-state index is 12.9. The molecular formula is C20H26N4O3. The van der Waals surface area contributed by atoms with Gasteiger partial charge in [-0.3, -0.25) is 19.5 Å². The van der Waals surface area contributed by atoms with Crippen molar-refractivity contribution in [3.8, 4) is 0 Å². The number of rotatable bonds is 7. The first kappa shape index (κ1) is 19.3. The Labute approximate surface area is 159 Å². The van der Waals surface area contributed by atoms with Crippen LogP contribution in [0.4, 0.5) is 0 Å². The molecule has 3 heterocycles. The van der Waals surface area contributed by atoms with Crippen LogP contribution >= 0.6 is 0 Å². The molecule has 0 aliphatic carbocycles. The Morgan fingerprint density at radius 1 is 1.26 bits per heavy atom. The SMILES string of the molecule is Cc1cccc(=O)n1CCCNC(=O)C(c1cccnc1)N1CCOCC1. The molecular weight excluding hydrogens is 344 g/mol. The van der Waals surface area contributed by atoms with Gasteiger partial charge in [0, 0.05) is 50.3 Å². The lowest BCUT2D eigenvalue weighted by Gasteiger charge is -2.33. The topological polar surface area (TPSA) is 76.5 Å². The quantitative estimate of drug-likeness (QED) is 0.740. The summed E-state index contributed by atoms with van der Waals surface area (Å²) in [5.74, 6) is -0.0398. The van der Waals surface area contributed by atoms with Crippen molar-refractivity contribution >= 4 is 5.91 Å². The normalized spacial score (nSPS) is 16.0. The lowest BCUT2D eigenvalue weighted by Crippen LogP contribution is -2.46. The number of aromatic nitrogens is 2. The van der Waals surface area contributed by atoms with Crippen LogP contribution in [0.1, 0.15) is 23.7 Å². The summed E-state index contributed by atoms with van der Waals surface area (Å²) in [4.78, 5) is 31.1. The van der Waals surface area contributed by atoms with Gasteiger partial charge >= 0.3 is 0 Å². The molecule has 1 atom stereocenters. The predicted molar refractivity (Wildman–Crippen MR) is 102 cm³/mol. The molecule has 1 N–H and O–H groups in total. The number of nitrogens with one attached hydrogen (secondary N) is 1. The molecule has 0 radical (unpaired) electrons. The molecule has 0 aromatic carbocycles. The van der Waals surface area contributed by atoms with E-state index in [-0.39, 0.29) is 17.5 Å². The molecule has 3 rings (SSSR count). The number of carbonyl (C=O) groups is 1. The van der Waals surface area contributed by atoms with Crippen molar-refractivity contribution in [2.24, 2.45) is 0 Å². The molecule has 1 unspecified atom stereocenters. The Bertz CT molecular complexity index is 800. The fourth-order valence-electron chi connectivity index (χ4n) is 3.36. The van der Waals surface area contributed by atoms with Crippen LogP contribution in [0.3, 0.4) is 0 Å². The van der Waals surface area contributed by atoms with E-state index in [4.69, 9.17) is 4.74 Å². The van der Waals surface area contributed by atoms with E-state index in [2.05, 4.69) is 15.2 Å². The molecule has 1 aliphatic rings. The summed E-state index contributed by atoms with van der Waals surface area (Å²) in [7, 11) is 0. The Balaban J connectivity index is 1.60. The summed E-state index contributed by atoms with van der Waals surface area (Å²) >= 11 is 0. The molecule has 7 heteroatoms. The van der Waals surface area contributed by atoms with Crippen LogP contribution in [0.25, 0.3) is 0 Å². The first-order chi connectivity index (χ1) is 13.2. The van der Waals surface area contributed by atoms with Gasteiger partial charge in [-0.15, -0.1) is 0 Å². The van der Waals surface area contributed by atoms with Crippen LogP contribution in [0.5, 0.6) is 0 Å². The summed E-state index contributed by atoms with van der Waals surface area (Å²) in [5.41, 5.74) is 1.80. The molecule has 1 fully saturated rings. The van der Waals surface area contributed by atoms with E-state index in [1.54, 1.807) is 29.1 Å². The smallest absolute Gasteiger partial charge is 0.250 e. The first-order valence-corrected chi connectivity index (χ1v) is 9.33. The van der Waals surface area contributed by atoms with Crippen molar-refractivity contribution in [2.45, 2.75) is 25.9 Å². The predicted octanol–water partition coefficient (Wildman–Crippen LogP) is 1.13. The van der Waals surface area contributed by atoms with Crippen molar-refractivity contribution in [3.63, 3.8) is 0 Å². The second-order valence-electron chi connectivity index (χ2n) is 6.64. The molecule has 2 aromatic heterocycles. The molecule has 1 aliphatic heterocycles. The molecule has 1 amide bonds. The molecule has 0 saturated carbocycles. The Hall–Kier alpha value is -2.51. The summed E-state index contributed by atoms with van der Waals surface area (Å²) in [6.07, 6.45) is 4.14. The van der Waals surface area contributed by atoms with Gasteiger partial charge < -0.3 is 14.6 Å². The molecule has 1 saturated heterocycles. The minimum absolute atomic E-state index is 0.0112. The summed E-state index contributed by atoms with van der Waals surface area (Å²) in [5, 5.41) is 3.02. The number of aryl methyl sites for hydroxylation is 1. The molecule has 0 bridgehead atoms. The largest absolute Gasteiger partial charge is 0.379 e. The number of nitrogens with zero attached hydrogens (tertiary/aromatic N) is 3. The van der Waals surface area contributed by atoms with E-state index in [0.29, 0.717) is 45.8 Å². The van der Waals surface area contributed by atoms with E-state index in [9.17, 15) is 9.59 Å². The Morgan fingerprint density at radius 2 is 2.07 bits per heavy atom. The number of pyridine rings is 2. The lowest BCUT2D eigenvalue weighted by atomic mass is 10.1. The third-order valence-electron chi connectivity index (χ3n) is 4.79. The molecule has 0 spiro atoms. The maximum Gasteiger partial charge on any atom is 0.250 e. The summed E-state index contributed by atoms with van der Waals surface area (Å²) < 4.78 is 7.14. The monoisotopic (exact) mass is 370 g/mol. The van der Waals surface area contributed by atoms with Crippen molar-refractivity contribution in [2.75, 3.05) is 32.8 Å². The summed E-state index contributed by atoms with van der Waals surface area (Å²) in [6.45, 7) is 5.69. The number of morpholine rings is 1. The number of ether oxygens (including phenoxy) is 1. The van der Waals surface area contributed by atoms with E-state index >= 15 is 0 Å². The molecule has 144 valence electrons. The highest BCUT2D eigenvalue weighted by molar-refractivity contribution is 5.83. The number of hydrogen-bond donors (Lipinski definition) is 1. The average Bonchev–Trinajstić information content (AvgIpc) is 2.69. The lowest BCUT2D eigenvalue weighted by molar-refractivity contribution is -0.128. The summed E-state index contributed by atoms with van der Waals surface area (Å²) in [6, 6.07) is 8.64. The van der Waals surface area contributed by atoms with E-state index in [0.717, 1.165) is 11.3 Å². The van der Waals surface area contributed by atoms with Gasteiger partial charge in [0.2, 0.25) is 5.91 Å². The highest BCUT2D eigenvalue weighted by Gasteiger charge is 2.28. The van der Waals surface area contributed by atoms with Gasteiger partial charge in [-0.1, -0.05) is 12.1 Å². The zero-order valence-corrected chi connectivity index (χ0v) is 15.6. The second kappa shape index (κ2) is 9.43. The minimum atomic E-state index is -0.371. The Kier molecular flexibility index (Phi) is 6.73. The minimum Gasteiger partial charge on any atom is -0.379 e. The second-order valence-corrected chi connectivity index (χ2v) is 6.64. The van der Waals surface area contributed by atoms with Gasteiger partial charge in [0.1, 0.15) is 6.04 Å². The van der Waals surface area contributed by atoms with Crippen molar-refractivity contribution < 1.29 is 9.53 Å². The first-order valence-electron chi connectivity index (χ1n) is 9.33. The third kappa shape index (κ3) is 5.02. The number of carbonyl (C=O) groups excluding carboxylic acids is 1. The number of amides is 1. The van der Waals surface area contributed by atoms with Crippen molar-refractivity contribution in [3.05, 3.63) is 64.3 Å². The van der Waals surface area contributed by atoms with Crippen molar-refractivity contribution in [1.82, 2.24) is 19.8 Å². The highest BCUT2D eigenvalue weighted by Crippen LogP contribution is 2.21. The van der Waals surface area contributed by atoms with E-state index in [1.807, 2.05) is 25.1 Å². The van der Waals surface area contributed by atoms with Gasteiger partial charge in [0.25, 0.3) is 5.56 Å². The van der Waals surface area contributed by atoms with E-state index in [1.165, 1.54) is 0 Å².